The van der Waals surface area contributed by atoms with Gasteiger partial charge in [-0.25, -0.2) is 8.78 Å². The van der Waals surface area contributed by atoms with Gasteiger partial charge < -0.3 is 0 Å². The van der Waals surface area contributed by atoms with E-state index in [9.17, 15) is 8.78 Å². The molecule has 0 N–H and O–H groups in total. The first-order valence-corrected chi connectivity index (χ1v) is 3.84. The summed E-state index contributed by atoms with van der Waals surface area (Å²) in [5, 5.41) is 0. The highest BCUT2D eigenvalue weighted by Crippen LogP contribution is 2.26. The van der Waals surface area contributed by atoms with E-state index in [1.165, 1.54) is 0 Å². The van der Waals surface area contributed by atoms with E-state index >= 15 is 0 Å². The summed E-state index contributed by atoms with van der Waals surface area (Å²) in [6.07, 6.45) is 2.22. The first kappa shape index (κ1) is 8.44. The normalized spacial score (nSPS) is 17.7. The summed E-state index contributed by atoms with van der Waals surface area (Å²) in [5.41, 5.74) is 2.21. The van der Waals surface area contributed by atoms with Crippen LogP contribution in [0.25, 0.3) is 0 Å². The van der Waals surface area contributed by atoms with Gasteiger partial charge in [-0.2, -0.15) is 0 Å². The van der Waals surface area contributed by atoms with Crippen LogP contribution in [0.15, 0.2) is 23.8 Å². The maximum atomic E-state index is 11.7. The molecule has 0 aromatic rings. The molecule has 0 aromatic carbocycles. The van der Waals surface area contributed by atoms with E-state index in [-0.39, 0.29) is 6.42 Å². The molecule has 0 heterocycles. The third kappa shape index (κ3) is 2.83. The van der Waals surface area contributed by atoms with Crippen molar-refractivity contribution in [3.63, 3.8) is 0 Å². The molecule has 0 fully saturated rings. The van der Waals surface area contributed by atoms with Crippen LogP contribution in [0.5, 0.6) is 0 Å². The largest absolute Gasteiger partial charge is 0.238 e. The number of allylic oxidation sites excluding steroid dienone is 3. The zero-order valence-corrected chi connectivity index (χ0v) is 6.45. The molecule has 0 bridgehead atoms. The molecular formula is C9H12F2. The van der Waals surface area contributed by atoms with Crippen molar-refractivity contribution in [3.8, 4) is 0 Å². The number of alkyl halides is 2. The minimum atomic E-state index is -2.16. The average molecular weight is 158 g/mol. The van der Waals surface area contributed by atoms with Gasteiger partial charge in [0.1, 0.15) is 0 Å². The van der Waals surface area contributed by atoms with E-state index in [1.807, 2.05) is 6.08 Å². The maximum absolute atomic E-state index is 11.7. The molecule has 0 aliphatic heterocycles. The van der Waals surface area contributed by atoms with Crippen LogP contribution >= 0.6 is 0 Å². The van der Waals surface area contributed by atoms with E-state index in [1.54, 1.807) is 0 Å². The summed E-state index contributed by atoms with van der Waals surface area (Å²) in [4.78, 5) is 0. The monoisotopic (exact) mass is 158 g/mol. The van der Waals surface area contributed by atoms with Crippen molar-refractivity contribution < 1.29 is 8.78 Å². The Labute approximate surface area is 65.6 Å². The van der Waals surface area contributed by atoms with Gasteiger partial charge in [-0.3, -0.25) is 0 Å². The Morgan fingerprint density at radius 2 is 2.18 bits per heavy atom. The molecular weight excluding hydrogens is 146 g/mol. The molecule has 1 aliphatic rings. The molecule has 0 atom stereocenters. The fraction of sp³-hybridized carbons (Fsp3) is 0.556. The van der Waals surface area contributed by atoms with Crippen LogP contribution in [0.3, 0.4) is 0 Å². The lowest BCUT2D eigenvalue weighted by Gasteiger charge is -1.98. The van der Waals surface area contributed by atoms with E-state index in [2.05, 4.69) is 6.58 Å². The summed E-state index contributed by atoms with van der Waals surface area (Å²) in [5.74, 6) is 0. The Hall–Kier alpha value is -0.660. The smallest absolute Gasteiger partial charge is 0.211 e. The predicted molar refractivity (Wildman–Crippen MR) is 41.7 cm³/mol. The van der Waals surface area contributed by atoms with Crippen molar-refractivity contribution in [3.05, 3.63) is 23.8 Å². The van der Waals surface area contributed by atoms with E-state index in [0.29, 0.717) is 6.42 Å². The zero-order valence-electron chi connectivity index (χ0n) is 6.45. The third-order valence-corrected chi connectivity index (χ3v) is 1.86. The van der Waals surface area contributed by atoms with E-state index in [0.717, 1.165) is 24.0 Å². The summed E-state index contributed by atoms with van der Waals surface area (Å²) in [6.45, 7) is 3.77. The van der Waals surface area contributed by atoms with Gasteiger partial charge in [0.15, 0.2) is 0 Å². The minimum absolute atomic E-state index is 0.000880. The molecule has 1 rings (SSSR count). The van der Waals surface area contributed by atoms with Gasteiger partial charge in [0.05, 0.1) is 0 Å². The molecule has 0 aromatic heterocycles. The van der Waals surface area contributed by atoms with E-state index < -0.39 is 6.43 Å². The SMILES string of the molecule is C=C1C=C(CCC(F)F)CC1. The van der Waals surface area contributed by atoms with Crippen LogP contribution in [0.4, 0.5) is 8.78 Å². The third-order valence-electron chi connectivity index (χ3n) is 1.86. The lowest BCUT2D eigenvalue weighted by molar-refractivity contribution is 0.138. The second-order valence-corrected chi connectivity index (χ2v) is 2.89. The fourth-order valence-corrected chi connectivity index (χ4v) is 1.25. The van der Waals surface area contributed by atoms with Gasteiger partial charge in [-0.1, -0.05) is 23.8 Å². The highest BCUT2D eigenvalue weighted by Gasteiger charge is 2.09. The molecule has 1 aliphatic carbocycles. The summed E-state index contributed by atoms with van der Waals surface area (Å²) in [6, 6.07) is 0. The Kier molecular flexibility index (Phi) is 2.80. The Bertz CT molecular complexity index is 180. The van der Waals surface area contributed by atoms with Crippen molar-refractivity contribution in [2.45, 2.75) is 32.1 Å². The standard InChI is InChI=1S/C9H12F2/c1-7-2-3-8(6-7)4-5-9(10)11/h6,9H,1-5H2. The molecule has 0 saturated heterocycles. The number of halogens is 2. The van der Waals surface area contributed by atoms with Gasteiger partial charge in [0, 0.05) is 6.42 Å². The fourth-order valence-electron chi connectivity index (χ4n) is 1.25. The van der Waals surface area contributed by atoms with Gasteiger partial charge in [0.2, 0.25) is 6.43 Å². The van der Waals surface area contributed by atoms with Crippen molar-refractivity contribution >= 4 is 0 Å². The van der Waals surface area contributed by atoms with Gasteiger partial charge >= 0.3 is 0 Å². The molecule has 2 heteroatoms. The van der Waals surface area contributed by atoms with Crippen LogP contribution in [0.1, 0.15) is 25.7 Å². The van der Waals surface area contributed by atoms with E-state index in [4.69, 9.17) is 0 Å². The quantitative estimate of drug-likeness (QED) is 0.591. The van der Waals surface area contributed by atoms with Crippen LogP contribution in [-0.2, 0) is 0 Å². The molecule has 0 spiro atoms. The van der Waals surface area contributed by atoms with Crippen LogP contribution in [0, 0.1) is 0 Å². The lowest BCUT2D eigenvalue weighted by Crippen LogP contribution is -1.90. The second-order valence-electron chi connectivity index (χ2n) is 2.89. The van der Waals surface area contributed by atoms with Gasteiger partial charge in [0.25, 0.3) is 0 Å². The number of rotatable bonds is 3. The highest BCUT2D eigenvalue weighted by molar-refractivity contribution is 5.27. The summed E-state index contributed by atoms with van der Waals surface area (Å²) in [7, 11) is 0. The van der Waals surface area contributed by atoms with Crippen molar-refractivity contribution in [2.75, 3.05) is 0 Å². The zero-order chi connectivity index (χ0) is 8.27. The summed E-state index contributed by atoms with van der Waals surface area (Å²) >= 11 is 0. The molecule has 0 nitrogen and oxygen atoms in total. The van der Waals surface area contributed by atoms with Crippen molar-refractivity contribution in [1.29, 1.82) is 0 Å². The molecule has 0 amide bonds. The molecule has 62 valence electrons. The average Bonchev–Trinajstić information content (AvgIpc) is 2.31. The minimum Gasteiger partial charge on any atom is -0.211 e. The van der Waals surface area contributed by atoms with Crippen LogP contribution in [0.2, 0.25) is 0 Å². The van der Waals surface area contributed by atoms with Crippen molar-refractivity contribution in [2.24, 2.45) is 0 Å². The topological polar surface area (TPSA) is 0 Å². The Morgan fingerprint density at radius 1 is 1.45 bits per heavy atom. The van der Waals surface area contributed by atoms with Crippen LogP contribution < -0.4 is 0 Å². The maximum Gasteiger partial charge on any atom is 0.238 e. The molecule has 0 radical (unpaired) electrons. The highest BCUT2D eigenvalue weighted by atomic mass is 19.3. The summed E-state index contributed by atoms with van der Waals surface area (Å²) < 4.78 is 23.5. The molecule has 11 heavy (non-hydrogen) atoms. The second kappa shape index (κ2) is 3.65. The number of hydrogen-bond acceptors (Lipinski definition) is 0. The molecule has 0 saturated carbocycles. The first-order chi connectivity index (χ1) is 5.18. The van der Waals surface area contributed by atoms with Crippen molar-refractivity contribution in [1.82, 2.24) is 0 Å². The molecule has 0 unspecified atom stereocenters. The predicted octanol–water partition coefficient (Wildman–Crippen LogP) is 3.31. The Morgan fingerprint density at radius 3 is 2.64 bits per heavy atom. The Balaban J connectivity index is 2.27. The van der Waals surface area contributed by atoms with Gasteiger partial charge in [-0.05, 0) is 19.3 Å². The number of hydrogen-bond donors (Lipinski definition) is 0. The van der Waals surface area contributed by atoms with Gasteiger partial charge in [-0.15, -0.1) is 0 Å². The lowest BCUT2D eigenvalue weighted by atomic mass is 10.1. The van der Waals surface area contributed by atoms with Crippen LogP contribution in [-0.4, -0.2) is 6.43 Å². The first-order valence-electron chi connectivity index (χ1n) is 3.84.